The average Bonchev–Trinajstić information content (AvgIpc) is 2.81. The van der Waals surface area contributed by atoms with Crippen molar-refractivity contribution < 1.29 is 9.72 Å². The van der Waals surface area contributed by atoms with Crippen molar-refractivity contribution in [1.29, 1.82) is 0 Å². The molecular weight excluding hydrogens is 446 g/mol. The molecule has 0 bridgehead atoms. The zero-order valence-electron chi connectivity index (χ0n) is 17.0. The van der Waals surface area contributed by atoms with Gasteiger partial charge in [-0.3, -0.25) is 24.3 Å². The number of amides is 1. The summed E-state index contributed by atoms with van der Waals surface area (Å²) in [4.78, 5) is 40.4. The van der Waals surface area contributed by atoms with E-state index in [1.165, 1.54) is 35.2 Å². The maximum Gasteiger partial charge on any atom is 0.270 e. The number of nitrogens with one attached hydrogen (secondary N) is 1. The third kappa shape index (κ3) is 4.94. The molecule has 2 heterocycles. The number of pyridine rings is 2. The van der Waals surface area contributed by atoms with Crippen LogP contribution < -0.4 is 11.0 Å². The fourth-order valence-corrected chi connectivity index (χ4v) is 3.48. The highest BCUT2D eigenvalue weighted by molar-refractivity contribution is 6.30. The number of benzene rings is 2. The van der Waals surface area contributed by atoms with Gasteiger partial charge in [-0.25, -0.2) is 10.4 Å². The summed E-state index contributed by atoms with van der Waals surface area (Å²) >= 11 is 6.09. The van der Waals surface area contributed by atoms with Crippen molar-refractivity contribution in [3.63, 3.8) is 0 Å². The van der Waals surface area contributed by atoms with Crippen LogP contribution in [0.4, 0.5) is 5.69 Å². The fourth-order valence-electron chi connectivity index (χ4n) is 3.29. The quantitative estimate of drug-likeness (QED) is 0.266. The molecule has 0 saturated carbocycles. The number of fused-ring (bicyclic) bond motifs is 1. The van der Waals surface area contributed by atoms with Crippen LogP contribution in [0.1, 0.15) is 5.56 Å². The Labute approximate surface area is 192 Å². The van der Waals surface area contributed by atoms with E-state index in [9.17, 15) is 19.7 Å². The first-order valence-electron chi connectivity index (χ1n) is 9.73. The Kier molecular flexibility index (Phi) is 6.23. The van der Waals surface area contributed by atoms with Crippen LogP contribution in [0.2, 0.25) is 5.02 Å². The molecule has 0 atom stereocenters. The summed E-state index contributed by atoms with van der Waals surface area (Å²) in [5.41, 5.74) is 3.64. The molecule has 164 valence electrons. The number of non-ortho nitro benzene ring substituents is 1. The van der Waals surface area contributed by atoms with E-state index < -0.39 is 16.4 Å². The number of carbonyl (C=O) groups excluding carboxylic acids is 1. The van der Waals surface area contributed by atoms with Crippen molar-refractivity contribution in [3.8, 4) is 11.1 Å². The number of hydrazone groups is 1. The van der Waals surface area contributed by atoms with Gasteiger partial charge >= 0.3 is 0 Å². The largest absolute Gasteiger partial charge is 0.283 e. The van der Waals surface area contributed by atoms with Crippen LogP contribution in [0.5, 0.6) is 0 Å². The van der Waals surface area contributed by atoms with Gasteiger partial charge in [0.2, 0.25) is 0 Å². The van der Waals surface area contributed by atoms with E-state index >= 15 is 0 Å². The molecule has 1 amide bonds. The summed E-state index contributed by atoms with van der Waals surface area (Å²) in [6, 6.07) is 17.9. The second-order valence-electron chi connectivity index (χ2n) is 7.02. The van der Waals surface area contributed by atoms with Crippen molar-refractivity contribution in [3.05, 3.63) is 104 Å². The lowest BCUT2D eigenvalue weighted by Gasteiger charge is -2.11. The molecule has 0 aliphatic rings. The SMILES string of the molecule is O=C(Cn1c(=O)c(-c2cccc(Cl)c2)cc2cccnc21)N/N=C/c1cccc([N+](=O)[O-])c1. The van der Waals surface area contributed by atoms with Crippen LogP contribution in [0.25, 0.3) is 22.2 Å². The summed E-state index contributed by atoms with van der Waals surface area (Å²) < 4.78 is 1.27. The second kappa shape index (κ2) is 9.41. The van der Waals surface area contributed by atoms with E-state index in [1.807, 2.05) is 0 Å². The zero-order chi connectivity index (χ0) is 23.4. The smallest absolute Gasteiger partial charge is 0.270 e. The first-order chi connectivity index (χ1) is 15.9. The third-order valence-electron chi connectivity index (χ3n) is 4.77. The molecule has 10 heteroatoms. The predicted octanol–water partition coefficient (Wildman–Crippen LogP) is 3.78. The van der Waals surface area contributed by atoms with Crippen molar-refractivity contribution in [1.82, 2.24) is 15.0 Å². The van der Waals surface area contributed by atoms with E-state index in [4.69, 9.17) is 11.6 Å². The molecule has 0 fully saturated rings. The standard InChI is InChI=1S/C23H16ClN5O4/c24-18-7-2-5-16(11-18)20-12-17-6-3-9-25-22(17)28(23(20)31)14-21(30)27-26-13-15-4-1-8-19(10-15)29(32)33/h1-13H,14H2,(H,27,30)/b26-13+. The maximum absolute atomic E-state index is 13.2. The van der Waals surface area contributed by atoms with Crippen LogP contribution in [0, 0.1) is 10.1 Å². The number of halogens is 1. The molecule has 2 aromatic heterocycles. The van der Waals surface area contributed by atoms with Gasteiger partial charge in [0.05, 0.1) is 11.1 Å². The van der Waals surface area contributed by atoms with E-state index in [-0.39, 0.29) is 12.2 Å². The van der Waals surface area contributed by atoms with E-state index in [1.54, 1.807) is 48.5 Å². The Balaban J connectivity index is 1.62. The van der Waals surface area contributed by atoms with Gasteiger partial charge in [0, 0.05) is 39.9 Å². The third-order valence-corrected chi connectivity index (χ3v) is 5.00. The molecule has 4 aromatic rings. The molecule has 2 aromatic carbocycles. The number of hydrogen-bond acceptors (Lipinski definition) is 6. The van der Waals surface area contributed by atoms with Crippen LogP contribution in [-0.2, 0) is 11.3 Å². The Morgan fingerprint density at radius 1 is 1.15 bits per heavy atom. The van der Waals surface area contributed by atoms with Crippen molar-refractivity contribution in [2.24, 2.45) is 5.10 Å². The molecule has 0 aliphatic heterocycles. The van der Waals surface area contributed by atoms with Crippen LogP contribution in [0.15, 0.2) is 82.8 Å². The molecule has 4 rings (SSSR count). The first kappa shape index (κ1) is 21.8. The van der Waals surface area contributed by atoms with E-state index in [2.05, 4.69) is 15.5 Å². The predicted molar refractivity (Wildman–Crippen MR) is 125 cm³/mol. The summed E-state index contributed by atoms with van der Waals surface area (Å²) in [5, 5.41) is 15.9. The van der Waals surface area contributed by atoms with E-state index in [0.717, 1.165) is 0 Å². The molecular formula is C23H16ClN5O4. The lowest BCUT2D eigenvalue weighted by atomic mass is 10.1. The lowest BCUT2D eigenvalue weighted by molar-refractivity contribution is -0.384. The fraction of sp³-hybridized carbons (Fsp3) is 0.0435. The first-order valence-corrected chi connectivity index (χ1v) is 10.1. The minimum Gasteiger partial charge on any atom is -0.283 e. The van der Waals surface area contributed by atoms with Gasteiger partial charge in [0.1, 0.15) is 12.2 Å². The Hall–Kier alpha value is -4.37. The van der Waals surface area contributed by atoms with Crippen molar-refractivity contribution in [2.45, 2.75) is 6.54 Å². The van der Waals surface area contributed by atoms with Gasteiger partial charge < -0.3 is 0 Å². The minimum atomic E-state index is -0.561. The van der Waals surface area contributed by atoms with Crippen LogP contribution >= 0.6 is 11.6 Å². The monoisotopic (exact) mass is 461 g/mol. The molecule has 0 saturated heterocycles. The zero-order valence-corrected chi connectivity index (χ0v) is 17.8. The number of nitro groups is 1. The van der Waals surface area contributed by atoms with Gasteiger partial charge in [-0.2, -0.15) is 5.10 Å². The van der Waals surface area contributed by atoms with Crippen LogP contribution in [0.3, 0.4) is 0 Å². The van der Waals surface area contributed by atoms with Gasteiger partial charge in [0.15, 0.2) is 0 Å². The molecule has 0 unspecified atom stereocenters. The number of nitro benzene ring substituents is 1. The molecule has 0 spiro atoms. The van der Waals surface area contributed by atoms with Crippen molar-refractivity contribution >= 4 is 40.4 Å². The molecule has 0 radical (unpaired) electrons. The summed E-state index contributed by atoms with van der Waals surface area (Å²) in [5.74, 6) is -0.561. The molecule has 0 aliphatic carbocycles. The number of aromatic nitrogens is 2. The Morgan fingerprint density at radius 2 is 1.97 bits per heavy atom. The summed E-state index contributed by atoms with van der Waals surface area (Å²) in [6.07, 6.45) is 2.82. The van der Waals surface area contributed by atoms with Gasteiger partial charge in [-0.15, -0.1) is 0 Å². The Morgan fingerprint density at radius 3 is 2.76 bits per heavy atom. The lowest BCUT2D eigenvalue weighted by Crippen LogP contribution is -2.31. The summed E-state index contributed by atoms with van der Waals surface area (Å²) in [6.45, 7) is -0.326. The Bertz CT molecular complexity index is 1460. The normalized spacial score (nSPS) is 11.1. The molecule has 33 heavy (non-hydrogen) atoms. The highest BCUT2D eigenvalue weighted by Gasteiger charge is 2.14. The maximum atomic E-state index is 13.2. The molecule has 1 N–H and O–H groups in total. The second-order valence-corrected chi connectivity index (χ2v) is 7.46. The van der Waals surface area contributed by atoms with Gasteiger partial charge in [-0.05, 0) is 35.9 Å². The van der Waals surface area contributed by atoms with Crippen molar-refractivity contribution in [2.75, 3.05) is 0 Å². The van der Waals surface area contributed by atoms with Crippen LogP contribution in [-0.4, -0.2) is 26.6 Å². The number of rotatable bonds is 6. The van der Waals surface area contributed by atoms with Gasteiger partial charge in [-0.1, -0.05) is 35.9 Å². The van der Waals surface area contributed by atoms with Gasteiger partial charge in [0.25, 0.3) is 17.2 Å². The minimum absolute atomic E-state index is 0.0906. The molecule has 9 nitrogen and oxygen atoms in total. The summed E-state index contributed by atoms with van der Waals surface area (Å²) in [7, 11) is 0. The van der Waals surface area contributed by atoms with E-state index in [0.29, 0.717) is 32.7 Å². The highest BCUT2D eigenvalue weighted by atomic mass is 35.5. The number of carbonyl (C=O) groups is 1. The average molecular weight is 462 g/mol. The number of hydrogen-bond donors (Lipinski definition) is 1. The highest BCUT2D eigenvalue weighted by Crippen LogP contribution is 2.23. The topological polar surface area (TPSA) is 119 Å². The number of nitrogens with zero attached hydrogens (tertiary/aromatic N) is 4.